The molecule has 0 bridgehead atoms. The molecular weight excluding hydrogens is 209 g/mol. The lowest BCUT2D eigenvalue weighted by Gasteiger charge is -2.41. The topological polar surface area (TPSA) is 55.5 Å². The average molecular weight is 225 g/mol. The van der Waals surface area contributed by atoms with Crippen molar-refractivity contribution < 1.29 is 14.2 Å². The minimum Gasteiger partial charge on any atom is -0.504 e. The van der Waals surface area contributed by atoms with Crippen molar-refractivity contribution in [2.45, 2.75) is 24.7 Å². The van der Waals surface area contributed by atoms with E-state index in [1.807, 2.05) is 0 Å². The van der Waals surface area contributed by atoms with E-state index in [-0.39, 0.29) is 11.2 Å². The molecule has 0 aliphatic heterocycles. The van der Waals surface area contributed by atoms with Gasteiger partial charge in [-0.25, -0.2) is 4.39 Å². The number of phenols is 1. The van der Waals surface area contributed by atoms with Gasteiger partial charge in [0.15, 0.2) is 11.5 Å². The maximum Gasteiger partial charge on any atom is 0.160 e. The van der Waals surface area contributed by atoms with E-state index in [0.29, 0.717) is 17.9 Å². The second kappa shape index (κ2) is 3.94. The highest BCUT2D eigenvalue weighted by Crippen LogP contribution is 2.46. The molecule has 1 saturated carbocycles. The van der Waals surface area contributed by atoms with E-state index in [0.717, 1.165) is 25.3 Å². The van der Waals surface area contributed by atoms with Crippen molar-refractivity contribution in [2.24, 2.45) is 5.73 Å². The quantitative estimate of drug-likeness (QED) is 0.826. The molecule has 0 heterocycles. The predicted octanol–water partition coefficient (Wildman–Crippen LogP) is 1.92. The molecule has 1 aromatic carbocycles. The molecule has 1 aromatic rings. The van der Waals surface area contributed by atoms with Crippen LogP contribution in [0.15, 0.2) is 12.1 Å². The molecule has 0 amide bonds. The largest absolute Gasteiger partial charge is 0.504 e. The monoisotopic (exact) mass is 225 g/mol. The van der Waals surface area contributed by atoms with E-state index in [1.54, 1.807) is 6.07 Å². The number of hydrogen-bond acceptors (Lipinski definition) is 3. The third kappa shape index (κ3) is 1.53. The molecule has 0 atom stereocenters. The fourth-order valence-corrected chi connectivity index (χ4v) is 2.30. The summed E-state index contributed by atoms with van der Waals surface area (Å²) in [6.07, 6.45) is 2.86. The first-order valence-corrected chi connectivity index (χ1v) is 5.40. The third-order valence-corrected chi connectivity index (χ3v) is 3.54. The minimum atomic E-state index is -0.400. The molecule has 0 saturated heterocycles. The van der Waals surface area contributed by atoms with Crippen LogP contribution in [0.1, 0.15) is 24.8 Å². The van der Waals surface area contributed by atoms with Crippen molar-refractivity contribution in [3.63, 3.8) is 0 Å². The number of aromatic hydroxyl groups is 1. The molecule has 0 unspecified atom stereocenters. The van der Waals surface area contributed by atoms with Gasteiger partial charge in [-0.2, -0.15) is 0 Å². The second-order valence-corrected chi connectivity index (χ2v) is 4.34. The fourth-order valence-electron chi connectivity index (χ4n) is 2.30. The normalized spacial score (nSPS) is 17.9. The van der Waals surface area contributed by atoms with Gasteiger partial charge in [0.05, 0.1) is 7.11 Å². The first-order chi connectivity index (χ1) is 7.63. The summed E-state index contributed by atoms with van der Waals surface area (Å²) in [7, 11) is 1.45. The Labute approximate surface area is 94.0 Å². The first-order valence-electron chi connectivity index (χ1n) is 5.40. The van der Waals surface area contributed by atoms with Crippen LogP contribution >= 0.6 is 0 Å². The zero-order chi connectivity index (χ0) is 11.8. The molecule has 0 radical (unpaired) electrons. The molecule has 0 spiro atoms. The lowest BCUT2D eigenvalue weighted by molar-refractivity contribution is 0.242. The van der Waals surface area contributed by atoms with Crippen LogP contribution in [0.2, 0.25) is 0 Å². The van der Waals surface area contributed by atoms with Crippen LogP contribution < -0.4 is 10.5 Å². The highest BCUT2D eigenvalue weighted by Gasteiger charge is 2.39. The van der Waals surface area contributed by atoms with Crippen molar-refractivity contribution in [1.29, 1.82) is 0 Å². The van der Waals surface area contributed by atoms with Gasteiger partial charge in [0, 0.05) is 18.0 Å². The van der Waals surface area contributed by atoms with Crippen LogP contribution in [0.4, 0.5) is 4.39 Å². The van der Waals surface area contributed by atoms with Gasteiger partial charge in [-0.15, -0.1) is 0 Å². The minimum absolute atomic E-state index is 0.171. The van der Waals surface area contributed by atoms with Crippen LogP contribution in [0.5, 0.6) is 11.5 Å². The molecule has 1 fully saturated rings. The van der Waals surface area contributed by atoms with Crippen LogP contribution in [0.25, 0.3) is 0 Å². The van der Waals surface area contributed by atoms with Gasteiger partial charge < -0.3 is 15.6 Å². The van der Waals surface area contributed by atoms with Crippen molar-refractivity contribution in [3.8, 4) is 11.5 Å². The Morgan fingerprint density at radius 2 is 2.19 bits per heavy atom. The Morgan fingerprint density at radius 3 is 2.62 bits per heavy atom. The average Bonchev–Trinajstić information content (AvgIpc) is 2.20. The van der Waals surface area contributed by atoms with E-state index in [1.165, 1.54) is 7.11 Å². The van der Waals surface area contributed by atoms with E-state index < -0.39 is 5.82 Å². The number of hydrogen-bond donors (Lipinski definition) is 2. The summed E-state index contributed by atoms with van der Waals surface area (Å²) in [6, 6.07) is 2.67. The predicted molar refractivity (Wildman–Crippen MR) is 59.2 cm³/mol. The molecule has 88 valence electrons. The van der Waals surface area contributed by atoms with Crippen molar-refractivity contribution in [1.82, 2.24) is 0 Å². The van der Waals surface area contributed by atoms with Gasteiger partial charge in [0.1, 0.15) is 5.82 Å². The highest BCUT2D eigenvalue weighted by atomic mass is 19.1. The molecule has 0 aromatic heterocycles. The summed E-state index contributed by atoms with van der Waals surface area (Å²) in [5.41, 5.74) is 6.04. The van der Waals surface area contributed by atoms with Gasteiger partial charge in [0.25, 0.3) is 0 Å². The first kappa shape index (κ1) is 11.2. The maximum atomic E-state index is 13.8. The second-order valence-electron chi connectivity index (χ2n) is 4.34. The van der Waals surface area contributed by atoms with Crippen LogP contribution in [0.3, 0.4) is 0 Å². The van der Waals surface area contributed by atoms with Crippen molar-refractivity contribution in [3.05, 3.63) is 23.5 Å². The zero-order valence-electron chi connectivity index (χ0n) is 9.29. The van der Waals surface area contributed by atoms with Crippen molar-refractivity contribution in [2.75, 3.05) is 13.7 Å². The number of phenolic OH excluding ortho intramolecular Hbond substituents is 1. The Morgan fingerprint density at radius 1 is 1.50 bits per heavy atom. The van der Waals surface area contributed by atoms with Gasteiger partial charge in [0.2, 0.25) is 0 Å². The summed E-state index contributed by atoms with van der Waals surface area (Å²) in [4.78, 5) is 0. The van der Waals surface area contributed by atoms with E-state index in [4.69, 9.17) is 10.5 Å². The van der Waals surface area contributed by atoms with Crippen LogP contribution in [-0.4, -0.2) is 18.8 Å². The summed E-state index contributed by atoms with van der Waals surface area (Å²) in [6.45, 7) is 0.428. The molecule has 1 aliphatic rings. The summed E-state index contributed by atoms with van der Waals surface area (Å²) < 4.78 is 18.8. The number of benzene rings is 1. The standard InChI is InChI=1S/C12H16FNO2/c1-16-11-5-8(9(13)6-10(11)15)12(7-14)3-2-4-12/h5-6,15H,2-4,7,14H2,1H3. The molecule has 3 N–H and O–H groups in total. The summed E-state index contributed by atoms with van der Waals surface area (Å²) in [5.74, 6) is -0.269. The maximum absolute atomic E-state index is 13.8. The lowest BCUT2D eigenvalue weighted by Crippen LogP contribution is -2.42. The summed E-state index contributed by atoms with van der Waals surface area (Å²) >= 11 is 0. The molecule has 3 nitrogen and oxygen atoms in total. The lowest BCUT2D eigenvalue weighted by atomic mass is 9.64. The molecular formula is C12H16FNO2. The Kier molecular flexibility index (Phi) is 2.76. The number of rotatable bonds is 3. The number of ether oxygens (including phenoxy) is 1. The smallest absolute Gasteiger partial charge is 0.160 e. The highest BCUT2D eigenvalue weighted by molar-refractivity contribution is 5.46. The third-order valence-electron chi connectivity index (χ3n) is 3.54. The fraction of sp³-hybridized carbons (Fsp3) is 0.500. The van der Waals surface area contributed by atoms with Crippen LogP contribution in [0, 0.1) is 5.82 Å². The molecule has 2 rings (SSSR count). The van der Waals surface area contributed by atoms with E-state index in [9.17, 15) is 9.50 Å². The van der Waals surface area contributed by atoms with E-state index in [2.05, 4.69) is 0 Å². The molecule has 4 heteroatoms. The number of methoxy groups -OCH3 is 1. The molecule has 1 aliphatic carbocycles. The number of halogens is 1. The molecule has 16 heavy (non-hydrogen) atoms. The Bertz CT molecular complexity index is 397. The number of nitrogens with two attached hydrogens (primary N) is 1. The van der Waals surface area contributed by atoms with Crippen molar-refractivity contribution >= 4 is 0 Å². The van der Waals surface area contributed by atoms with Gasteiger partial charge in [-0.05, 0) is 24.5 Å². The van der Waals surface area contributed by atoms with E-state index >= 15 is 0 Å². The van der Waals surface area contributed by atoms with Gasteiger partial charge in [-0.3, -0.25) is 0 Å². The Hall–Kier alpha value is -1.29. The summed E-state index contributed by atoms with van der Waals surface area (Å²) in [5, 5.41) is 9.45. The SMILES string of the molecule is COc1cc(C2(CN)CCC2)c(F)cc1O. The van der Waals surface area contributed by atoms with Gasteiger partial charge in [-0.1, -0.05) is 6.42 Å². The zero-order valence-corrected chi connectivity index (χ0v) is 9.29. The van der Waals surface area contributed by atoms with Gasteiger partial charge >= 0.3 is 0 Å². The van der Waals surface area contributed by atoms with Crippen LogP contribution in [-0.2, 0) is 5.41 Å². The Balaban J connectivity index is 2.47.